The Kier molecular flexibility index (Phi) is 6.87. The monoisotopic (exact) mass is 440 g/mol. The molecular formula is C27H24N2O2S. The minimum absolute atomic E-state index is 0.0659. The average Bonchev–Trinajstić information content (AvgIpc) is 2.80. The predicted molar refractivity (Wildman–Crippen MR) is 133 cm³/mol. The third-order valence-electron chi connectivity index (χ3n) is 5.02. The van der Waals surface area contributed by atoms with Gasteiger partial charge in [-0.2, -0.15) is 0 Å². The molecule has 4 aromatic carbocycles. The maximum Gasteiger partial charge on any atom is 0.237 e. The van der Waals surface area contributed by atoms with E-state index >= 15 is 0 Å². The molecule has 4 nitrogen and oxygen atoms in total. The van der Waals surface area contributed by atoms with Crippen molar-refractivity contribution in [3.8, 4) is 0 Å². The maximum atomic E-state index is 12.7. The fourth-order valence-corrected chi connectivity index (χ4v) is 4.33. The highest BCUT2D eigenvalue weighted by atomic mass is 32.2. The molecule has 0 radical (unpaired) electrons. The highest BCUT2D eigenvalue weighted by molar-refractivity contribution is 8.00. The number of rotatable bonds is 7. The molecule has 4 rings (SSSR count). The van der Waals surface area contributed by atoms with Crippen LogP contribution in [0.25, 0.3) is 10.8 Å². The van der Waals surface area contributed by atoms with E-state index in [1.165, 1.54) is 11.8 Å². The summed E-state index contributed by atoms with van der Waals surface area (Å²) in [6.07, 6.45) is 0.322. The predicted octanol–water partition coefficient (Wildman–Crippen LogP) is 6.14. The standard InChI is InChI=1S/C27H24N2O2S/c1-19(27(31)29-24-15-14-21-10-5-6-11-22(21)17-24)32-25-13-7-12-23(18-25)28-26(30)16-20-8-3-2-4-9-20/h2-15,17-19H,16H2,1H3,(H,28,30)(H,29,31). The molecule has 5 heteroatoms. The van der Waals surface area contributed by atoms with E-state index in [1.807, 2.05) is 104 Å². The van der Waals surface area contributed by atoms with Crippen molar-refractivity contribution in [3.63, 3.8) is 0 Å². The van der Waals surface area contributed by atoms with Crippen molar-refractivity contribution in [3.05, 3.63) is 103 Å². The molecule has 1 atom stereocenters. The number of thioether (sulfide) groups is 1. The minimum atomic E-state index is -0.295. The molecule has 0 aliphatic heterocycles. The van der Waals surface area contributed by atoms with E-state index in [4.69, 9.17) is 0 Å². The SMILES string of the molecule is CC(Sc1cccc(NC(=O)Cc2ccccc2)c1)C(=O)Nc1ccc2ccccc2c1. The summed E-state index contributed by atoms with van der Waals surface area (Å²) in [5.74, 6) is -0.135. The zero-order chi connectivity index (χ0) is 22.3. The molecule has 0 aliphatic carbocycles. The van der Waals surface area contributed by atoms with Crippen LogP contribution < -0.4 is 10.6 Å². The molecule has 0 fully saturated rings. The molecule has 0 heterocycles. The summed E-state index contributed by atoms with van der Waals surface area (Å²) >= 11 is 1.46. The Labute approximate surface area is 192 Å². The molecule has 2 amide bonds. The van der Waals surface area contributed by atoms with E-state index in [2.05, 4.69) is 10.6 Å². The minimum Gasteiger partial charge on any atom is -0.326 e. The highest BCUT2D eigenvalue weighted by Gasteiger charge is 2.15. The molecule has 0 saturated heterocycles. The normalized spacial score (nSPS) is 11.7. The van der Waals surface area contributed by atoms with Gasteiger partial charge in [-0.15, -0.1) is 11.8 Å². The second kappa shape index (κ2) is 10.2. The molecule has 32 heavy (non-hydrogen) atoms. The number of hydrogen-bond donors (Lipinski definition) is 2. The van der Waals surface area contributed by atoms with Gasteiger partial charge in [-0.05, 0) is 53.6 Å². The fraction of sp³-hybridized carbons (Fsp3) is 0.111. The summed E-state index contributed by atoms with van der Waals surface area (Å²) in [5.41, 5.74) is 2.47. The van der Waals surface area contributed by atoms with Crippen molar-refractivity contribution in [1.82, 2.24) is 0 Å². The van der Waals surface area contributed by atoms with Gasteiger partial charge in [-0.1, -0.05) is 66.7 Å². The summed E-state index contributed by atoms with van der Waals surface area (Å²) in [6.45, 7) is 1.88. The van der Waals surface area contributed by atoms with Crippen LogP contribution in [0.1, 0.15) is 12.5 Å². The number of carbonyl (C=O) groups is 2. The number of benzene rings is 4. The molecule has 1 unspecified atom stereocenters. The first-order valence-electron chi connectivity index (χ1n) is 10.5. The number of amides is 2. The van der Waals surface area contributed by atoms with Crippen LogP contribution in [0.4, 0.5) is 11.4 Å². The lowest BCUT2D eigenvalue weighted by Crippen LogP contribution is -2.22. The van der Waals surface area contributed by atoms with Gasteiger partial charge in [0.25, 0.3) is 0 Å². The van der Waals surface area contributed by atoms with Crippen LogP contribution in [0.3, 0.4) is 0 Å². The molecule has 0 bridgehead atoms. The van der Waals surface area contributed by atoms with E-state index in [-0.39, 0.29) is 17.1 Å². The van der Waals surface area contributed by atoms with Gasteiger partial charge in [0.15, 0.2) is 0 Å². The first kappa shape index (κ1) is 21.7. The Hall–Kier alpha value is -3.57. The van der Waals surface area contributed by atoms with Gasteiger partial charge >= 0.3 is 0 Å². The quantitative estimate of drug-likeness (QED) is 0.339. The molecule has 2 N–H and O–H groups in total. The molecule has 0 aliphatic rings. The van der Waals surface area contributed by atoms with Gasteiger partial charge in [0.2, 0.25) is 11.8 Å². The maximum absolute atomic E-state index is 12.7. The first-order chi connectivity index (χ1) is 15.6. The van der Waals surface area contributed by atoms with Gasteiger partial charge in [0, 0.05) is 16.3 Å². The number of hydrogen-bond acceptors (Lipinski definition) is 3. The Bertz CT molecular complexity index is 1240. The van der Waals surface area contributed by atoms with Crippen molar-refractivity contribution in [2.75, 3.05) is 10.6 Å². The third-order valence-corrected chi connectivity index (χ3v) is 6.12. The largest absolute Gasteiger partial charge is 0.326 e. The van der Waals surface area contributed by atoms with Gasteiger partial charge < -0.3 is 10.6 Å². The Morgan fingerprint density at radius 3 is 2.28 bits per heavy atom. The first-order valence-corrected chi connectivity index (χ1v) is 11.3. The highest BCUT2D eigenvalue weighted by Crippen LogP contribution is 2.27. The van der Waals surface area contributed by atoms with Gasteiger partial charge in [0.1, 0.15) is 0 Å². The Morgan fingerprint density at radius 2 is 1.47 bits per heavy atom. The molecule has 0 aromatic heterocycles. The molecule has 4 aromatic rings. The van der Waals surface area contributed by atoms with Gasteiger partial charge in [-0.3, -0.25) is 9.59 Å². The summed E-state index contributed by atoms with van der Waals surface area (Å²) < 4.78 is 0. The summed E-state index contributed by atoms with van der Waals surface area (Å²) in [4.78, 5) is 26.0. The summed E-state index contributed by atoms with van der Waals surface area (Å²) in [6, 6.07) is 31.2. The van der Waals surface area contributed by atoms with E-state index in [1.54, 1.807) is 0 Å². The van der Waals surface area contributed by atoms with Crippen LogP contribution in [0.2, 0.25) is 0 Å². The molecule has 0 saturated carbocycles. The van der Waals surface area contributed by atoms with Crippen LogP contribution in [0.5, 0.6) is 0 Å². The van der Waals surface area contributed by atoms with Crippen molar-refractivity contribution in [2.45, 2.75) is 23.5 Å². The average molecular weight is 441 g/mol. The van der Waals surface area contributed by atoms with E-state index in [9.17, 15) is 9.59 Å². The van der Waals surface area contributed by atoms with E-state index in [0.29, 0.717) is 6.42 Å². The number of nitrogens with one attached hydrogen (secondary N) is 2. The fourth-order valence-electron chi connectivity index (χ4n) is 3.40. The van der Waals surface area contributed by atoms with Crippen LogP contribution in [0.15, 0.2) is 102 Å². The molecular weight excluding hydrogens is 416 g/mol. The van der Waals surface area contributed by atoms with Gasteiger partial charge in [0.05, 0.1) is 11.7 Å². The Balaban J connectivity index is 1.35. The molecule has 160 valence electrons. The summed E-state index contributed by atoms with van der Waals surface area (Å²) in [7, 11) is 0. The van der Waals surface area contributed by atoms with Crippen LogP contribution in [-0.2, 0) is 16.0 Å². The van der Waals surface area contributed by atoms with E-state index < -0.39 is 0 Å². The third kappa shape index (κ3) is 5.77. The van der Waals surface area contributed by atoms with Crippen LogP contribution in [-0.4, -0.2) is 17.1 Å². The van der Waals surface area contributed by atoms with Crippen molar-refractivity contribution < 1.29 is 9.59 Å². The van der Waals surface area contributed by atoms with Crippen LogP contribution in [0, 0.1) is 0 Å². The zero-order valence-electron chi connectivity index (χ0n) is 17.7. The van der Waals surface area contributed by atoms with E-state index in [0.717, 1.165) is 32.6 Å². The number of fused-ring (bicyclic) bond motifs is 1. The summed E-state index contributed by atoms with van der Waals surface area (Å²) in [5, 5.41) is 7.87. The van der Waals surface area contributed by atoms with Crippen molar-refractivity contribution in [2.24, 2.45) is 0 Å². The van der Waals surface area contributed by atoms with Gasteiger partial charge in [-0.25, -0.2) is 0 Å². The molecule has 0 spiro atoms. The Morgan fingerprint density at radius 1 is 0.750 bits per heavy atom. The number of carbonyl (C=O) groups excluding carboxylic acids is 2. The topological polar surface area (TPSA) is 58.2 Å². The number of anilines is 2. The lowest BCUT2D eigenvalue weighted by molar-refractivity contribution is -0.116. The lowest BCUT2D eigenvalue weighted by atomic mass is 10.1. The van der Waals surface area contributed by atoms with Crippen molar-refractivity contribution >= 4 is 45.7 Å². The second-order valence-corrected chi connectivity index (χ2v) is 8.96. The smallest absolute Gasteiger partial charge is 0.237 e. The lowest BCUT2D eigenvalue weighted by Gasteiger charge is -2.13. The van der Waals surface area contributed by atoms with Crippen LogP contribution >= 0.6 is 11.8 Å². The second-order valence-electron chi connectivity index (χ2n) is 7.55. The zero-order valence-corrected chi connectivity index (χ0v) is 18.6. The van der Waals surface area contributed by atoms with Crippen molar-refractivity contribution in [1.29, 1.82) is 0 Å².